The normalized spacial score (nSPS) is 13.0. The number of oxime groups is 1. The first-order valence-corrected chi connectivity index (χ1v) is 5.77. The SMILES string of the molecule is CCC(C/C(N)=N/O)NC(=O)c1cccc(O)c1O. The smallest absolute Gasteiger partial charge is 0.255 e. The Bertz CT molecular complexity index is 488. The number of hydrogen-bond acceptors (Lipinski definition) is 5. The fourth-order valence-electron chi connectivity index (χ4n) is 1.57. The summed E-state index contributed by atoms with van der Waals surface area (Å²) in [7, 11) is 0. The lowest BCUT2D eigenvalue weighted by atomic mass is 10.1. The Labute approximate surface area is 110 Å². The molecule has 0 bridgehead atoms. The molecule has 1 atom stereocenters. The zero-order chi connectivity index (χ0) is 14.4. The minimum absolute atomic E-state index is 0.00674. The molecule has 7 heteroatoms. The van der Waals surface area contributed by atoms with E-state index >= 15 is 0 Å². The van der Waals surface area contributed by atoms with Gasteiger partial charge in [-0.1, -0.05) is 18.1 Å². The summed E-state index contributed by atoms with van der Waals surface area (Å²) < 4.78 is 0. The number of aromatic hydroxyl groups is 2. The average molecular weight is 267 g/mol. The number of amidine groups is 1. The minimum Gasteiger partial charge on any atom is -0.504 e. The molecule has 1 amide bonds. The summed E-state index contributed by atoms with van der Waals surface area (Å²) in [6.07, 6.45) is 0.764. The molecule has 6 N–H and O–H groups in total. The maximum Gasteiger partial charge on any atom is 0.255 e. The predicted molar refractivity (Wildman–Crippen MR) is 69.3 cm³/mol. The quantitative estimate of drug-likeness (QED) is 0.177. The highest BCUT2D eigenvalue weighted by Crippen LogP contribution is 2.28. The van der Waals surface area contributed by atoms with E-state index in [1.54, 1.807) is 0 Å². The number of nitrogens with one attached hydrogen (secondary N) is 1. The number of phenolic OH excluding ortho intramolecular Hbond substituents is 2. The van der Waals surface area contributed by atoms with Crippen molar-refractivity contribution < 1.29 is 20.2 Å². The number of rotatable bonds is 5. The molecule has 0 aromatic heterocycles. The summed E-state index contributed by atoms with van der Waals surface area (Å²) in [4.78, 5) is 11.9. The van der Waals surface area contributed by atoms with Crippen LogP contribution in [-0.4, -0.2) is 33.2 Å². The third kappa shape index (κ3) is 3.77. The fourth-order valence-corrected chi connectivity index (χ4v) is 1.57. The Balaban J connectivity index is 2.80. The van der Waals surface area contributed by atoms with Crippen LogP contribution >= 0.6 is 0 Å². The number of para-hydroxylation sites is 1. The van der Waals surface area contributed by atoms with Crippen LogP contribution in [0.3, 0.4) is 0 Å². The van der Waals surface area contributed by atoms with E-state index in [4.69, 9.17) is 10.9 Å². The molecule has 0 saturated carbocycles. The second-order valence-electron chi connectivity index (χ2n) is 4.05. The van der Waals surface area contributed by atoms with Gasteiger partial charge in [-0.15, -0.1) is 0 Å². The molecule has 0 saturated heterocycles. The van der Waals surface area contributed by atoms with Crippen LogP contribution in [0, 0.1) is 0 Å². The van der Waals surface area contributed by atoms with Crippen LogP contribution < -0.4 is 11.1 Å². The number of amides is 1. The second-order valence-corrected chi connectivity index (χ2v) is 4.05. The highest BCUT2D eigenvalue weighted by molar-refractivity contribution is 5.98. The van der Waals surface area contributed by atoms with E-state index in [9.17, 15) is 15.0 Å². The Morgan fingerprint density at radius 2 is 2.16 bits per heavy atom. The molecule has 104 valence electrons. The fraction of sp³-hybridized carbons (Fsp3) is 0.333. The molecule has 0 aliphatic rings. The maximum atomic E-state index is 11.9. The van der Waals surface area contributed by atoms with Crippen molar-refractivity contribution in [3.8, 4) is 11.5 Å². The van der Waals surface area contributed by atoms with Gasteiger partial charge in [0.15, 0.2) is 11.5 Å². The molecule has 1 aromatic rings. The topological polar surface area (TPSA) is 128 Å². The van der Waals surface area contributed by atoms with Crippen LogP contribution in [0.15, 0.2) is 23.4 Å². The summed E-state index contributed by atoms with van der Waals surface area (Å²) in [6.45, 7) is 1.83. The molecule has 1 rings (SSSR count). The maximum absolute atomic E-state index is 11.9. The number of carbonyl (C=O) groups is 1. The minimum atomic E-state index is -0.536. The van der Waals surface area contributed by atoms with Crippen LogP contribution in [0.5, 0.6) is 11.5 Å². The van der Waals surface area contributed by atoms with Crippen molar-refractivity contribution in [2.45, 2.75) is 25.8 Å². The van der Waals surface area contributed by atoms with Crippen LogP contribution in [0.2, 0.25) is 0 Å². The van der Waals surface area contributed by atoms with E-state index in [-0.39, 0.29) is 29.6 Å². The van der Waals surface area contributed by atoms with Crippen molar-refractivity contribution in [1.82, 2.24) is 5.32 Å². The monoisotopic (exact) mass is 267 g/mol. The molecular formula is C12H17N3O4. The summed E-state index contributed by atoms with van der Waals surface area (Å²) in [6, 6.07) is 3.79. The number of carbonyl (C=O) groups excluding carboxylic acids is 1. The van der Waals surface area contributed by atoms with E-state index in [0.29, 0.717) is 6.42 Å². The van der Waals surface area contributed by atoms with Crippen molar-refractivity contribution in [2.75, 3.05) is 0 Å². The molecular weight excluding hydrogens is 250 g/mol. The van der Waals surface area contributed by atoms with Crippen LogP contribution in [-0.2, 0) is 0 Å². The lowest BCUT2D eigenvalue weighted by molar-refractivity contribution is 0.0933. The zero-order valence-electron chi connectivity index (χ0n) is 10.5. The van der Waals surface area contributed by atoms with Crippen LogP contribution in [0.25, 0.3) is 0 Å². The first kappa shape index (κ1) is 14.6. The molecule has 0 aliphatic carbocycles. The van der Waals surface area contributed by atoms with E-state index in [1.807, 2.05) is 6.92 Å². The van der Waals surface area contributed by atoms with E-state index < -0.39 is 11.7 Å². The van der Waals surface area contributed by atoms with Gasteiger partial charge < -0.3 is 26.5 Å². The Morgan fingerprint density at radius 1 is 1.47 bits per heavy atom. The van der Waals surface area contributed by atoms with Gasteiger partial charge >= 0.3 is 0 Å². The van der Waals surface area contributed by atoms with Gasteiger partial charge in [-0.05, 0) is 18.6 Å². The van der Waals surface area contributed by atoms with Gasteiger partial charge in [0.1, 0.15) is 5.84 Å². The summed E-state index contributed by atoms with van der Waals surface area (Å²) in [5.41, 5.74) is 5.35. The van der Waals surface area contributed by atoms with Crippen LogP contribution in [0.1, 0.15) is 30.1 Å². The number of benzene rings is 1. The van der Waals surface area contributed by atoms with Crippen molar-refractivity contribution in [3.05, 3.63) is 23.8 Å². The van der Waals surface area contributed by atoms with Gasteiger partial charge in [-0.2, -0.15) is 0 Å². The van der Waals surface area contributed by atoms with Crippen molar-refractivity contribution in [3.63, 3.8) is 0 Å². The van der Waals surface area contributed by atoms with Gasteiger partial charge in [0.25, 0.3) is 5.91 Å². The number of hydrogen-bond donors (Lipinski definition) is 5. The number of nitrogens with zero attached hydrogens (tertiary/aromatic N) is 1. The first-order valence-electron chi connectivity index (χ1n) is 5.77. The number of nitrogens with two attached hydrogens (primary N) is 1. The highest BCUT2D eigenvalue weighted by Gasteiger charge is 2.17. The molecule has 7 nitrogen and oxygen atoms in total. The lowest BCUT2D eigenvalue weighted by Gasteiger charge is -2.16. The lowest BCUT2D eigenvalue weighted by Crippen LogP contribution is -2.37. The summed E-state index contributed by atoms with van der Waals surface area (Å²) in [5.74, 6) is -1.37. The zero-order valence-corrected chi connectivity index (χ0v) is 10.5. The molecule has 1 aromatic carbocycles. The van der Waals surface area contributed by atoms with Gasteiger partial charge in [-0.3, -0.25) is 4.79 Å². The molecule has 0 heterocycles. The van der Waals surface area contributed by atoms with Crippen molar-refractivity contribution in [2.24, 2.45) is 10.9 Å². The Kier molecular flexibility index (Phi) is 4.99. The standard InChI is InChI=1S/C12H17N3O4/c1-2-7(6-10(13)15-19)14-12(18)8-4-3-5-9(16)11(8)17/h3-5,7,16-17,19H,2,6H2,1H3,(H2,13,15)(H,14,18). The van der Waals surface area contributed by atoms with E-state index in [0.717, 1.165) is 0 Å². The molecule has 1 unspecified atom stereocenters. The van der Waals surface area contributed by atoms with Gasteiger partial charge in [0, 0.05) is 12.5 Å². The Hall–Kier alpha value is -2.44. The van der Waals surface area contributed by atoms with Crippen molar-refractivity contribution >= 4 is 11.7 Å². The van der Waals surface area contributed by atoms with Crippen molar-refractivity contribution in [1.29, 1.82) is 0 Å². The highest BCUT2D eigenvalue weighted by atomic mass is 16.4. The van der Waals surface area contributed by atoms with Crippen LogP contribution in [0.4, 0.5) is 0 Å². The first-order chi connectivity index (χ1) is 8.99. The third-order valence-corrected chi connectivity index (χ3v) is 2.67. The van der Waals surface area contributed by atoms with E-state index in [1.165, 1.54) is 18.2 Å². The Morgan fingerprint density at radius 3 is 2.74 bits per heavy atom. The second kappa shape index (κ2) is 6.48. The van der Waals surface area contributed by atoms with Gasteiger partial charge in [0.05, 0.1) is 5.56 Å². The number of phenols is 2. The molecule has 19 heavy (non-hydrogen) atoms. The molecule has 0 aliphatic heterocycles. The van der Waals surface area contributed by atoms with E-state index in [2.05, 4.69) is 10.5 Å². The molecule has 0 spiro atoms. The summed E-state index contributed by atoms with van der Waals surface area (Å²) >= 11 is 0. The van der Waals surface area contributed by atoms with Gasteiger partial charge in [0.2, 0.25) is 0 Å². The summed E-state index contributed by atoms with van der Waals surface area (Å²) in [5, 5.41) is 32.9. The molecule has 0 fully saturated rings. The third-order valence-electron chi connectivity index (χ3n) is 2.67. The molecule has 0 radical (unpaired) electrons. The largest absolute Gasteiger partial charge is 0.504 e. The average Bonchev–Trinajstić information content (AvgIpc) is 2.40. The van der Waals surface area contributed by atoms with Gasteiger partial charge in [-0.25, -0.2) is 0 Å². The predicted octanol–water partition coefficient (Wildman–Crippen LogP) is 0.743.